The van der Waals surface area contributed by atoms with Gasteiger partial charge in [0.2, 0.25) is 0 Å². The second kappa shape index (κ2) is 10.2. The Bertz CT molecular complexity index is 1310. The number of hydrogen-bond acceptors (Lipinski definition) is 3. The summed E-state index contributed by atoms with van der Waals surface area (Å²) >= 11 is 0. The van der Waals surface area contributed by atoms with Gasteiger partial charge in [0.05, 0.1) is 13.5 Å². The van der Waals surface area contributed by atoms with E-state index in [2.05, 4.69) is 26.0 Å². The average molecular weight is 503 g/mol. The van der Waals surface area contributed by atoms with Gasteiger partial charge in [0.25, 0.3) is 0 Å². The van der Waals surface area contributed by atoms with Gasteiger partial charge in [0.15, 0.2) is 0 Å². The zero-order valence-corrected chi connectivity index (χ0v) is 21.9. The van der Waals surface area contributed by atoms with E-state index in [0.29, 0.717) is 23.8 Å². The molecule has 2 atom stereocenters. The van der Waals surface area contributed by atoms with Gasteiger partial charge < -0.3 is 14.6 Å². The van der Waals surface area contributed by atoms with Crippen molar-refractivity contribution in [2.75, 3.05) is 7.11 Å². The van der Waals surface area contributed by atoms with Crippen molar-refractivity contribution >= 4 is 5.97 Å². The predicted octanol–water partition coefficient (Wildman–Crippen LogP) is 7.88. The number of hydrogen-bond donors (Lipinski definition) is 1. The van der Waals surface area contributed by atoms with E-state index in [9.17, 15) is 9.90 Å². The molecule has 1 saturated carbocycles. The third-order valence-electron chi connectivity index (χ3n) is 8.36. The fourth-order valence-electron chi connectivity index (χ4n) is 6.32. The molecule has 3 aromatic carbocycles. The zero-order valence-electron chi connectivity index (χ0n) is 21.9. The quantitative estimate of drug-likeness (QED) is 0.340. The maximum absolute atomic E-state index is 15.0. The second-order valence-corrected chi connectivity index (χ2v) is 11.2. The summed E-state index contributed by atoms with van der Waals surface area (Å²) in [7, 11) is 1.60. The highest BCUT2D eigenvalue weighted by atomic mass is 19.1. The Morgan fingerprint density at radius 1 is 1.00 bits per heavy atom. The lowest BCUT2D eigenvalue weighted by molar-refractivity contribution is -0.137. The van der Waals surface area contributed by atoms with Crippen molar-refractivity contribution in [3.05, 3.63) is 82.7 Å². The van der Waals surface area contributed by atoms with Crippen LogP contribution in [0.2, 0.25) is 0 Å². The van der Waals surface area contributed by atoms with Crippen molar-refractivity contribution in [1.82, 2.24) is 0 Å². The number of methoxy groups -OCH3 is 1. The summed E-state index contributed by atoms with van der Waals surface area (Å²) in [6, 6.07) is 17.2. The van der Waals surface area contributed by atoms with E-state index in [0.717, 1.165) is 60.1 Å². The lowest BCUT2D eigenvalue weighted by Gasteiger charge is -2.30. The standard InChI is InChI=1S/C32H35FO4/c1-32(2)14-4-5-29(32)27-15-20(6-12-25(27)28-17-23(36-3)11-13-30(28)33)19-37-24-10-9-21-7-8-22(16-31(34)35)26(21)18-24/h6,9-13,15,17-18,22,29H,4-5,7-8,14,16,19H2,1-3H3,(H,34,35)/t22-,29-/m1/s1. The number of ether oxygens (including phenoxy) is 2. The Morgan fingerprint density at radius 2 is 1.81 bits per heavy atom. The van der Waals surface area contributed by atoms with Crippen LogP contribution in [0.15, 0.2) is 54.6 Å². The van der Waals surface area contributed by atoms with E-state index in [1.807, 2.05) is 24.3 Å². The monoisotopic (exact) mass is 502 g/mol. The normalized spacial score (nSPS) is 20.0. The van der Waals surface area contributed by atoms with Crippen molar-refractivity contribution in [3.63, 3.8) is 0 Å². The number of aliphatic carboxylic acids is 1. The molecule has 5 heteroatoms. The molecule has 0 heterocycles. The molecule has 1 fully saturated rings. The van der Waals surface area contributed by atoms with Crippen molar-refractivity contribution in [1.29, 1.82) is 0 Å². The average Bonchev–Trinajstić information content (AvgIpc) is 3.44. The SMILES string of the molecule is COc1ccc(F)c(-c2ccc(COc3ccc4c(c3)[C@@H](CC(=O)O)CC4)cc2[C@H]2CCCC2(C)C)c1. The van der Waals surface area contributed by atoms with Crippen LogP contribution in [0.5, 0.6) is 11.5 Å². The van der Waals surface area contributed by atoms with Crippen LogP contribution in [0.4, 0.5) is 4.39 Å². The number of carbonyl (C=O) groups is 1. The molecule has 2 aliphatic carbocycles. The Balaban J connectivity index is 1.44. The molecular weight excluding hydrogens is 467 g/mol. The van der Waals surface area contributed by atoms with E-state index < -0.39 is 5.97 Å². The molecule has 0 bridgehead atoms. The van der Waals surface area contributed by atoms with E-state index in [4.69, 9.17) is 9.47 Å². The first kappa shape index (κ1) is 25.3. The summed E-state index contributed by atoms with van der Waals surface area (Å²) in [6.07, 6.45) is 5.31. The molecule has 0 unspecified atom stereocenters. The molecule has 2 aliphatic rings. The highest BCUT2D eigenvalue weighted by molar-refractivity contribution is 5.71. The minimum absolute atomic E-state index is 0.0456. The van der Waals surface area contributed by atoms with E-state index >= 15 is 4.39 Å². The molecule has 1 N–H and O–H groups in total. The van der Waals surface area contributed by atoms with Crippen LogP contribution in [-0.2, 0) is 17.8 Å². The molecule has 0 spiro atoms. The third kappa shape index (κ3) is 5.22. The van der Waals surface area contributed by atoms with Gasteiger partial charge in [-0.25, -0.2) is 4.39 Å². The lowest BCUT2D eigenvalue weighted by Crippen LogP contribution is -2.17. The summed E-state index contributed by atoms with van der Waals surface area (Å²) in [5, 5.41) is 9.26. The molecule has 3 aromatic rings. The predicted molar refractivity (Wildman–Crippen MR) is 143 cm³/mol. The first-order chi connectivity index (χ1) is 17.7. The Kier molecular flexibility index (Phi) is 6.98. The molecule has 0 amide bonds. The number of carboxylic acid groups (broad SMARTS) is 1. The molecule has 0 radical (unpaired) electrons. The third-order valence-corrected chi connectivity index (χ3v) is 8.36. The molecule has 194 valence electrons. The van der Waals surface area contributed by atoms with Crippen LogP contribution in [0, 0.1) is 11.2 Å². The first-order valence-corrected chi connectivity index (χ1v) is 13.2. The number of aryl methyl sites for hydroxylation is 1. The van der Waals surface area contributed by atoms with Gasteiger partial charge in [-0.15, -0.1) is 0 Å². The number of benzene rings is 3. The topological polar surface area (TPSA) is 55.8 Å². The molecule has 5 rings (SSSR count). The maximum Gasteiger partial charge on any atom is 0.303 e. The fraction of sp³-hybridized carbons (Fsp3) is 0.406. The number of halogens is 1. The Hall–Kier alpha value is -3.34. The van der Waals surface area contributed by atoms with Crippen molar-refractivity contribution < 1.29 is 23.8 Å². The summed E-state index contributed by atoms with van der Waals surface area (Å²) in [6.45, 7) is 5.00. The summed E-state index contributed by atoms with van der Waals surface area (Å²) in [5.41, 5.74) is 6.11. The van der Waals surface area contributed by atoms with Crippen LogP contribution in [0.25, 0.3) is 11.1 Å². The number of fused-ring (bicyclic) bond motifs is 1. The molecule has 0 aromatic heterocycles. The number of carboxylic acids is 1. The van der Waals surface area contributed by atoms with Crippen molar-refractivity contribution in [3.8, 4) is 22.6 Å². The maximum atomic E-state index is 15.0. The lowest BCUT2D eigenvalue weighted by atomic mass is 9.75. The van der Waals surface area contributed by atoms with Gasteiger partial charge in [-0.05, 0) is 101 Å². The van der Waals surface area contributed by atoms with Crippen LogP contribution in [0.1, 0.15) is 80.0 Å². The van der Waals surface area contributed by atoms with Crippen LogP contribution in [-0.4, -0.2) is 18.2 Å². The number of rotatable bonds is 8. The summed E-state index contributed by atoms with van der Waals surface area (Å²) in [5.74, 6) is 0.740. The largest absolute Gasteiger partial charge is 0.497 e. The fourth-order valence-corrected chi connectivity index (χ4v) is 6.32. The van der Waals surface area contributed by atoms with Gasteiger partial charge in [-0.3, -0.25) is 4.79 Å². The smallest absolute Gasteiger partial charge is 0.303 e. The molecule has 4 nitrogen and oxygen atoms in total. The van der Waals surface area contributed by atoms with Crippen LogP contribution in [0.3, 0.4) is 0 Å². The Morgan fingerprint density at radius 3 is 2.54 bits per heavy atom. The first-order valence-electron chi connectivity index (χ1n) is 13.2. The molecule has 0 aliphatic heterocycles. The molecular formula is C32H35FO4. The molecule has 37 heavy (non-hydrogen) atoms. The summed E-state index contributed by atoms with van der Waals surface area (Å²) in [4.78, 5) is 11.3. The van der Waals surface area contributed by atoms with Gasteiger partial charge in [0, 0.05) is 5.56 Å². The van der Waals surface area contributed by atoms with Gasteiger partial charge in [-0.2, -0.15) is 0 Å². The second-order valence-electron chi connectivity index (χ2n) is 11.2. The van der Waals surface area contributed by atoms with Crippen LogP contribution < -0.4 is 9.47 Å². The van der Waals surface area contributed by atoms with Crippen LogP contribution >= 0.6 is 0 Å². The van der Waals surface area contributed by atoms with Crippen molar-refractivity contribution in [2.45, 2.75) is 70.8 Å². The van der Waals surface area contributed by atoms with E-state index in [-0.39, 0.29) is 23.6 Å². The Labute approximate surface area is 218 Å². The van der Waals surface area contributed by atoms with Gasteiger partial charge in [-0.1, -0.05) is 44.5 Å². The zero-order chi connectivity index (χ0) is 26.2. The minimum Gasteiger partial charge on any atom is -0.497 e. The van der Waals surface area contributed by atoms with E-state index in [1.54, 1.807) is 19.2 Å². The van der Waals surface area contributed by atoms with E-state index in [1.165, 1.54) is 11.6 Å². The highest BCUT2D eigenvalue weighted by Gasteiger charge is 2.37. The summed E-state index contributed by atoms with van der Waals surface area (Å²) < 4.78 is 26.6. The molecule has 0 saturated heterocycles. The minimum atomic E-state index is -0.765. The van der Waals surface area contributed by atoms with Gasteiger partial charge >= 0.3 is 5.97 Å². The van der Waals surface area contributed by atoms with Crippen molar-refractivity contribution in [2.24, 2.45) is 5.41 Å². The highest BCUT2D eigenvalue weighted by Crippen LogP contribution is 2.51. The van der Waals surface area contributed by atoms with Gasteiger partial charge in [0.1, 0.15) is 23.9 Å².